The summed E-state index contributed by atoms with van der Waals surface area (Å²) in [6.45, 7) is 1.98. The van der Waals surface area contributed by atoms with Crippen LogP contribution >= 0.6 is 35.0 Å². The van der Waals surface area contributed by atoms with Gasteiger partial charge in [-0.05, 0) is 42.8 Å². The second kappa shape index (κ2) is 8.72. The van der Waals surface area contributed by atoms with Crippen molar-refractivity contribution in [2.75, 3.05) is 16.0 Å². The largest absolute Gasteiger partial charge is 0.322 e. The first-order valence-electron chi connectivity index (χ1n) is 9.30. The van der Waals surface area contributed by atoms with Gasteiger partial charge >= 0.3 is 0 Å². The Kier molecular flexibility index (Phi) is 6.04. The molecule has 0 saturated carbocycles. The Balaban J connectivity index is 1.68. The zero-order valence-electron chi connectivity index (χ0n) is 16.1. The lowest BCUT2D eigenvalue weighted by molar-refractivity contribution is -0.115. The number of thioether (sulfide) groups is 1. The molecule has 0 spiro atoms. The molecule has 7 heteroatoms. The van der Waals surface area contributed by atoms with E-state index in [0.29, 0.717) is 22.0 Å². The SMILES string of the molecule is Cc1ccccc1N1C(=O)CSC1c1ccccc1NC(=O)c1ccc(Cl)cc1Cl. The van der Waals surface area contributed by atoms with Gasteiger partial charge in [0.2, 0.25) is 5.91 Å². The number of hydrogen-bond acceptors (Lipinski definition) is 3. The highest BCUT2D eigenvalue weighted by atomic mass is 35.5. The number of rotatable bonds is 4. The molecule has 0 aromatic heterocycles. The van der Waals surface area contributed by atoms with Crippen LogP contribution in [-0.2, 0) is 4.79 Å². The smallest absolute Gasteiger partial charge is 0.257 e. The molecule has 152 valence electrons. The number of carbonyl (C=O) groups excluding carboxylic acids is 2. The summed E-state index contributed by atoms with van der Waals surface area (Å²) < 4.78 is 0. The lowest BCUT2D eigenvalue weighted by atomic mass is 10.1. The highest BCUT2D eigenvalue weighted by molar-refractivity contribution is 8.00. The Morgan fingerprint density at radius 3 is 2.57 bits per heavy atom. The Hall–Kier alpha value is -2.47. The van der Waals surface area contributed by atoms with Crippen molar-refractivity contribution >= 4 is 58.2 Å². The van der Waals surface area contributed by atoms with Crippen LogP contribution in [0.4, 0.5) is 11.4 Å². The van der Waals surface area contributed by atoms with Crippen molar-refractivity contribution in [3.05, 3.63) is 93.5 Å². The molecular weight excluding hydrogens is 439 g/mol. The van der Waals surface area contributed by atoms with E-state index in [4.69, 9.17) is 23.2 Å². The van der Waals surface area contributed by atoms with E-state index >= 15 is 0 Å². The van der Waals surface area contributed by atoms with Crippen LogP contribution in [0.15, 0.2) is 66.7 Å². The second-order valence-corrected chi connectivity index (χ2v) is 8.79. The minimum atomic E-state index is -0.333. The van der Waals surface area contributed by atoms with E-state index in [-0.39, 0.29) is 22.2 Å². The molecule has 1 saturated heterocycles. The topological polar surface area (TPSA) is 49.4 Å². The third kappa shape index (κ3) is 4.06. The average Bonchev–Trinajstić information content (AvgIpc) is 3.09. The molecule has 1 unspecified atom stereocenters. The van der Waals surface area contributed by atoms with E-state index in [1.165, 1.54) is 17.8 Å². The van der Waals surface area contributed by atoms with Crippen molar-refractivity contribution in [3.63, 3.8) is 0 Å². The Morgan fingerprint density at radius 2 is 1.80 bits per heavy atom. The van der Waals surface area contributed by atoms with Crippen molar-refractivity contribution < 1.29 is 9.59 Å². The molecule has 1 atom stereocenters. The molecule has 2 amide bonds. The summed E-state index contributed by atoms with van der Waals surface area (Å²) in [5.41, 5.74) is 3.73. The lowest BCUT2D eigenvalue weighted by Gasteiger charge is -2.27. The quantitative estimate of drug-likeness (QED) is 0.498. The second-order valence-electron chi connectivity index (χ2n) is 6.88. The molecule has 1 N–H and O–H groups in total. The fourth-order valence-corrected chi connectivity index (χ4v) is 5.14. The highest BCUT2D eigenvalue weighted by Gasteiger charge is 2.36. The van der Waals surface area contributed by atoms with Crippen LogP contribution in [0.3, 0.4) is 0 Å². The molecule has 0 aliphatic carbocycles. The van der Waals surface area contributed by atoms with Crippen LogP contribution in [0.1, 0.15) is 26.9 Å². The Labute approximate surface area is 189 Å². The molecule has 1 heterocycles. The highest BCUT2D eigenvalue weighted by Crippen LogP contribution is 2.45. The minimum absolute atomic E-state index is 0.0428. The number of nitrogens with zero attached hydrogens (tertiary/aromatic N) is 1. The minimum Gasteiger partial charge on any atom is -0.322 e. The summed E-state index contributed by atoms with van der Waals surface area (Å²) in [4.78, 5) is 27.4. The fraction of sp³-hybridized carbons (Fsp3) is 0.130. The maximum atomic E-state index is 12.9. The number of nitrogens with one attached hydrogen (secondary N) is 1. The molecule has 1 fully saturated rings. The maximum absolute atomic E-state index is 12.9. The van der Waals surface area contributed by atoms with Gasteiger partial charge in [-0.3, -0.25) is 14.5 Å². The van der Waals surface area contributed by atoms with Gasteiger partial charge in [-0.1, -0.05) is 59.6 Å². The van der Waals surface area contributed by atoms with Gasteiger partial charge < -0.3 is 5.32 Å². The van der Waals surface area contributed by atoms with Crippen LogP contribution < -0.4 is 10.2 Å². The molecule has 4 nitrogen and oxygen atoms in total. The lowest BCUT2D eigenvalue weighted by Crippen LogP contribution is -2.29. The van der Waals surface area contributed by atoms with E-state index in [9.17, 15) is 9.59 Å². The summed E-state index contributed by atoms with van der Waals surface area (Å²) in [5.74, 6) is 0.0895. The molecule has 3 aromatic carbocycles. The predicted molar refractivity (Wildman–Crippen MR) is 125 cm³/mol. The number of amides is 2. The van der Waals surface area contributed by atoms with Gasteiger partial charge in [0.25, 0.3) is 5.91 Å². The third-order valence-corrected chi connectivity index (χ3v) is 6.64. The zero-order valence-corrected chi connectivity index (χ0v) is 18.4. The summed E-state index contributed by atoms with van der Waals surface area (Å²) in [5, 5.41) is 3.45. The molecule has 3 aromatic rings. The van der Waals surface area contributed by atoms with E-state index in [0.717, 1.165) is 16.8 Å². The van der Waals surface area contributed by atoms with Gasteiger partial charge in [0, 0.05) is 22.0 Å². The van der Waals surface area contributed by atoms with Crippen LogP contribution in [0.2, 0.25) is 10.0 Å². The van der Waals surface area contributed by atoms with Gasteiger partial charge in [-0.15, -0.1) is 11.8 Å². The van der Waals surface area contributed by atoms with Crippen molar-refractivity contribution in [1.82, 2.24) is 0 Å². The van der Waals surface area contributed by atoms with Crippen molar-refractivity contribution in [2.45, 2.75) is 12.3 Å². The van der Waals surface area contributed by atoms with Gasteiger partial charge in [0.1, 0.15) is 5.37 Å². The van der Waals surface area contributed by atoms with Crippen LogP contribution in [0.5, 0.6) is 0 Å². The number of carbonyl (C=O) groups is 2. The van der Waals surface area contributed by atoms with Crippen LogP contribution in [0, 0.1) is 6.92 Å². The molecular formula is C23H18Cl2N2O2S. The summed E-state index contributed by atoms with van der Waals surface area (Å²) in [6, 6.07) is 20.1. The predicted octanol–water partition coefficient (Wildman–Crippen LogP) is 6.33. The Morgan fingerprint density at radius 1 is 1.07 bits per heavy atom. The van der Waals surface area contributed by atoms with Gasteiger partial charge in [-0.2, -0.15) is 0 Å². The molecule has 1 aliphatic heterocycles. The molecule has 4 rings (SSSR count). The van der Waals surface area contributed by atoms with Gasteiger partial charge in [-0.25, -0.2) is 0 Å². The van der Waals surface area contributed by atoms with Crippen LogP contribution in [0.25, 0.3) is 0 Å². The number of anilines is 2. The van der Waals surface area contributed by atoms with E-state index in [2.05, 4.69) is 5.32 Å². The number of benzene rings is 3. The first-order valence-corrected chi connectivity index (χ1v) is 11.1. The number of para-hydroxylation sites is 2. The molecule has 0 bridgehead atoms. The van der Waals surface area contributed by atoms with E-state index in [1.807, 2.05) is 55.5 Å². The summed E-state index contributed by atoms with van der Waals surface area (Å²) >= 11 is 13.7. The van der Waals surface area contributed by atoms with Gasteiger partial charge in [0.15, 0.2) is 0 Å². The van der Waals surface area contributed by atoms with Crippen LogP contribution in [-0.4, -0.2) is 17.6 Å². The first kappa shape index (κ1) is 20.8. The molecule has 1 aliphatic rings. The summed E-state index contributed by atoms with van der Waals surface area (Å²) in [7, 11) is 0. The van der Waals surface area contributed by atoms with Crippen molar-refractivity contribution in [1.29, 1.82) is 0 Å². The average molecular weight is 457 g/mol. The van der Waals surface area contributed by atoms with Crippen molar-refractivity contribution in [3.8, 4) is 0 Å². The monoisotopic (exact) mass is 456 g/mol. The van der Waals surface area contributed by atoms with Gasteiger partial charge in [0.05, 0.1) is 16.3 Å². The zero-order chi connectivity index (χ0) is 21.3. The van der Waals surface area contributed by atoms with E-state index < -0.39 is 0 Å². The van der Waals surface area contributed by atoms with Crippen molar-refractivity contribution in [2.24, 2.45) is 0 Å². The maximum Gasteiger partial charge on any atom is 0.257 e. The standard InChI is InChI=1S/C23H18Cl2N2O2S/c1-14-6-2-5-9-20(14)27-21(28)13-30-23(27)17-7-3-4-8-19(17)26-22(29)16-11-10-15(24)12-18(16)25/h2-12,23H,13H2,1H3,(H,26,29). The Bertz CT molecular complexity index is 1140. The summed E-state index contributed by atoms with van der Waals surface area (Å²) in [6.07, 6.45) is 0. The van der Waals surface area contributed by atoms with E-state index in [1.54, 1.807) is 17.0 Å². The number of aryl methyl sites for hydroxylation is 1. The normalized spacial score (nSPS) is 16.0. The number of halogens is 2. The fourth-order valence-electron chi connectivity index (χ4n) is 3.44. The molecule has 0 radical (unpaired) electrons. The molecule has 30 heavy (non-hydrogen) atoms. The number of hydrogen-bond donors (Lipinski definition) is 1. The third-order valence-electron chi connectivity index (χ3n) is 4.89. The first-order chi connectivity index (χ1) is 14.5.